The maximum absolute atomic E-state index is 12.1. The van der Waals surface area contributed by atoms with Crippen LogP contribution in [0.4, 0.5) is 5.69 Å². The van der Waals surface area contributed by atoms with Crippen LogP contribution in [0.2, 0.25) is 0 Å². The molecule has 0 saturated carbocycles. The summed E-state index contributed by atoms with van der Waals surface area (Å²) in [6, 6.07) is 5.86. The molecular weight excluding hydrogens is 214 g/mol. The van der Waals surface area contributed by atoms with Gasteiger partial charge in [-0.1, -0.05) is 12.1 Å². The predicted molar refractivity (Wildman–Crippen MR) is 67.1 cm³/mol. The molecule has 3 nitrogen and oxygen atoms in total. The third kappa shape index (κ3) is 1.86. The summed E-state index contributed by atoms with van der Waals surface area (Å²) in [6.07, 6.45) is 1.02. The van der Waals surface area contributed by atoms with Crippen LogP contribution in [0.1, 0.15) is 37.8 Å². The summed E-state index contributed by atoms with van der Waals surface area (Å²) in [5, 5.41) is 2.90. The molecule has 1 aliphatic heterocycles. The molecule has 1 heterocycles. The van der Waals surface area contributed by atoms with Crippen LogP contribution < -0.4 is 5.32 Å². The Labute approximate surface area is 101 Å². The van der Waals surface area contributed by atoms with Crippen molar-refractivity contribution in [3.8, 4) is 0 Å². The van der Waals surface area contributed by atoms with E-state index in [2.05, 4.69) is 5.32 Å². The molecule has 1 aromatic rings. The number of benzene rings is 1. The molecule has 0 aliphatic carbocycles. The molecular formula is C14H17NO2. The Bertz CT molecular complexity index is 493. The number of hydrogen-bond acceptors (Lipinski definition) is 2. The summed E-state index contributed by atoms with van der Waals surface area (Å²) in [5.41, 5.74) is 2.48. The van der Waals surface area contributed by atoms with E-state index in [1.165, 1.54) is 0 Å². The van der Waals surface area contributed by atoms with Crippen molar-refractivity contribution in [1.29, 1.82) is 0 Å². The number of carbonyl (C=O) groups excluding carboxylic acids is 2. The van der Waals surface area contributed by atoms with E-state index in [4.69, 9.17) is 0 Å². The van der Waals surface area contributed by atoms with Crippen LogP contribution in [-0.4, -0.2) is 11.7 Å². The Hall–Kier alpha value is -1.64. The second kappa shape index (κ2) is 3.99. The number of anilines is 1. The van der Waals surface area contributed by atoms with Crippen molar-refractivity contribution >= 4 is 17.4 Å². The van der Waals surface area contributed by atoms with Crippen LogP contribution >= 0.6 is 0 Å². The van der Waals surface area contributed by atoms with E-state index in [0.717, 1.165) is 16.8 Å². The molecule has 1 aliphatic rings. The van der Waals surface area contributed by atoms with Gasteiger partial charge < -0.3 is 10.1 Å². The number of fused-ring (bicyclic) bond motifs is 1. The molecule has 1 aromatic carbocycles. The zero-order valence-electron chi connectivity index (χ0n) is 10.5. The average molecular weight is 231 g/mol. The fourth-order valence-electron chi connectivity index (χ4n) is 2.54. The molecule has 1 amide bonds. The highest BCUT2D eigenvalue weighted by molar-refractivity contribution is 6.06. The van der Waals surface area contributed by atoms with Gasteiger partial charge in [0.2, 0.25) is 5.91 Å². The van der Waals surface area contributed by atoms with E-state index in [1.54, 1.807) is 6.92 Å². The van der Waals surface area contributed by atoms with Gasteiger partial charge in [-0.15, -0.1) is 0 Å². The minimum atomic E-state index is -0.563. The van der Waals surface area contributed by atoms with Gasteiger partial charge in [-0.25, -0.2) is 0 Å². The third-order valence-electron chi connectivity index (χ3n) is 3.55. The zero-order valence-corrected chi connectivity index (χ0v) is 10.5. The second-order valence-electron chi connectivity index (χ2n) is 4.99. The lowest BCUT2D eigenvalue weighted by Crippen LogP contribution is -2.32. The highest BCUT2D eigenvalue weighted by atomic mass is 16.2. The summed E-state index contributed by atoms with van der Waals surface area (Å²) < 4.78 is 0. The molecule has 0 fully saturated rings. The lowest BCUT2D eigenvalue weighted by Gasteiger charge is -2.23. The Morgan fingerprint density at radius 3 is 2.76 bits per heavy atom. The van der Waals surface area contributed by atoms with E-state index in [9.17, 15) is 9.59 Å². The fraction of sp³-hybridized carbons (Fsp3) is 0.429. The SMILES string of the molecule is CC(=O)CCC1(C)C(=O)Nc2cccc(C)c21. The number of aryl methyl sites for hydroxylation is 1. The first kappa shape index (κ1) is 11.8. The summed E-state index contributed by atoms with van der Waals surface area (Å²) in [5.74, 6) is 0.129. The summed E-state index contributed by atoms with van der Waals surface area (Å²) in [6.45, 7) is 5.49. The fourth-order valence-corrected chi connectivity index (χ4v) is 2.54. The van der Waals surface area contributed by atoms with Crippen LogP contribution in [0.3, 0.4) is 0 Å². The van der Waals surface area contributed by atoms with Crippen molar-refractivity contribution in [1.82, 2.24) is 0 Å². The van der Waals surface area contributed by atoms with Gasteiger partial charge in [0.25, 0.3) is 0 Å². The molecule has 17 heavy (non-hydrogen) atoms. The number of rotatable bonds is 3. The van der Waals surface area contributed by atoms with Crippen molar-refractivity contribution in [2.24, 2.45) is 0 Å². The lowest BCUT2D eigenvalue weighted by atomic mass is 9.77. The van der Waals surface area contributed by atoms with Gasteiger partial charge in [0.15, 0.2) is 0 Å². The van der Waals surface area contributed by atoms with Crippen LogP contribution in [0, 0.1) is 6.92 Å². The van der Waals surface area contributed by atoms with Gasteiger partial charge in [-0.2, -0.15) is 0 Å². The average Bonchev–Trinajstić information content (AvgIpc) is 2.50. The Kier molecular flexibility index (Phi) is 2.77. The molecule has 1 atom stereocenters. The minimum absolute atomic E-state index is 0.00282. The number of Topliss-reactive ketones (excluding diaryl/α,β-unsaturated/α-hetero) is 1. The number of hydrogen-bond donors (Lipinski definition) is 1. The molecule has 1 unspecified atom stereocenters. The Morgan fingerprint density at radius 1 is 1.41 bits per heavy atom. The summed E-state index contributed by atoms with van der Waals surface area (Å²) in [4.78, 5) is 23.2. The Morgan fingerprint density at radius 2 is 2.12 bits per heavy atom. The van der Waals surface area contributed by atoms with Gasteiger partial charge in [0.1, 0.15) is 5.78 Å². The van der Waals surface area contributed by atoms with E-state index in [-0.39, 0.29) is 11.7 Å². The minimum Gasteiger partial charge on any atom is -0.325 e. The van der Waals surface area contributed by atoms with Crippen molar-refractivity contribution in [2.75, 3.05) is 5.32 Å². The first-order valence-corrected chi connectivity index (χ1v) is 5.86. The molecule has 0 aromatic heterocycles. The van der Waals surface area contributed by atoms with Gasteiger partial charge in [0, 0.05) is 12.1 Å². The number of nitrogens with one attached hydrogen (secondary N) is 1. The van der Waals surface area contributed by atoms with Gasteiger partial charge in [0.05, 0.1) is 5.41 Å². The normalized spacial score (nSPS) is 22.2. The topological polar surface area (TPSA) is 46.2 Å². The highest BCUT2D eigenvalue weighted by Crippen LogP contribution is 2.42. The zero-order chi connectivity index (χ0) is 12.6. The van der Waals surface area contributed by atoms with E-state index >= 15 is 0 Å². The first-order chi connectivity index (χ1) is 7.95. The standard InChI is InChI=1S/C14H17NO2/c1-9-5-4-6-11-12(9)14(3,13(17)15-11)8-7-10(2)16/h4-6H,7-8H2,1-3H3,(H,15,17). The van der Waals surface area contributed by atoms with E-state index in [0.29, 0.717) is 12.8 Å². The molecule has 0 spiro atoms. The number of ketones is 1. The molecule has 0 saturated heterocycles. The van der Waals surface area contributed by atoms with Crippen LogP contribution in [0.25, 0.3) is 0 Å². The quantitative estimate of drug-likeness (QED) is 0.869. The van der Waals surface area contributed by atoms with Crippen LogP contribution in [0.15, 0.2) is 18.2 Å². The summed E-state index contributed by atoms with van der Waals surface area (Å²) in [7, 11) is 0. The van der Waals surface area contributed by atoms with Gasteiger partial charge >= 0.3 is 0 Å². The third-order valence-corrected chi connectivity index (χ3v) is 3.55. The molecule has 0 radical (unpaired) electrons. The van der Waals surface area contributed by atoms with E-state index in [1.807, 2.05) is 32.0 Å². The first-order valence-electron chi connectivity index (χ1n) is 5.86. The molecule has 1 N–H and O–H groups in total. The number of amides is 1. The van der Waals surface area contributed by atoms with Crippen molar-refractivity contribution in [2.45, 2.75) is 39.0 Å². The predicted octanol–water partition coefficient (Wildman–Crippen LogP) is 2.57. The molecule has 0 bridgehead atoms. The van der Waals surface area contributed by atoms with Crippen molar-refractivity contribution < 1.29 is 9.59 Å². The van der Waals surface area contributed by atoms with Crippen LogP contribution in [0.5, 0.6) is 0 Å². The van der Waals surface area contributed by atoms with Gasteiger partial charge in [-0.3, -0.25) is 4.79 Å². The molecule has 3 heteroatoms. The molecule has 90 valence electrons. The summed E-state index contributed by atoms with van der Waals surface area (Å²) >= 11 is 0. The largest absolute Gasteiger partial charge is 0.325 e. The van der Waals surface area contributed by atoms with Crippen molar-refractivity contribution in [3.63, 3.8) is 0 Å². The smallest absolute Gasteiger partial charge is 0.234 e. The monoisotopic (exact) mass is 231 g/mol. The van der Waals surface area contributed by atoms with Gasteiger partial charge in [-0.05, 0) is 44.4 Å². The lowest BCUT2D eigenvalue weighted by molar-refractivity contribution is -0.121. The van der Waals surface area contributed by atoms with Crippen molar-refractivity contribution in [3.05, 3.63) is 29.3 Å². The maximum atomic E-state index is 12.1. The highest BCUT2D eigenvalue weighted by Gasteiger charge is 2.43. The Balaban J connectivity index is 2.42. The maximum Gasteiger partial charge on any atom is 0.234 e. The molecule has 2 rings (SSSR count). The second-order valence-corrected chi connectivity index (χ2v) is 4.99. The van der Waals surface area contributed by atoms with E-state index < -0.39 is 5.41 Å². The van der Waals surface area contributed by atoms with Crippen LogP contribution in [-0.2, 0) is 15.0 Å². The number of carbonyl (C=O) groups is 2.